The molecule has 0 saturated carbocycles. The SMILES string of the molecule is C1=CC(c2nc(-c3ccccc3)cc(-n3c4ccccc4c4cc(-c5ccc6c7ccccc7n(-c7ccccc7)c6c5)ccc43)n2)=CCC1. The summed E-state index contributed by atoms with van der Waals surface area (Å²) in [6, 6.07) is 54.3. The maximum atomic E-state index is 5.23. The van der Waals surface area contributed by atoms with Crippen molar-refractivity contribution in [3.8, 4) is 33.9 Å². The maximum Gasteiger partial charge on any atom is 0.161 e. The van der Waals surface area contributed by atoms with E-state index in [-0.39, 0.29) is 0 Å². The lowest BCUT2D eigenvalue weighted by atomic mass is 10.0. The summed E-state index contributed by atoms with van der Waals surface area (Å²) in [5.41, 5.74) is 11.2. The van der Waals surface area contributed by atoms with E-state index in [1.807, 2.05) is 6.07 Å². The van der Waals surface area contributed by atoms with Gasteiger partial charge in [-0.3, -0.25) is 4.57 Å². The summed E-state index contributed by atoms with van der Waals surface area (Å²) in [5.74, 6) is 1.61. The zero-order valence-corrected chi connectivity index (χ0v) is 27.4. The Hall–Kier alpha value is -6.52. The quantitative estimate of drug-likeness (QED) is 0.188. The van der Waals surface area contributed by atoms with Gasteiger partial charge in [0.25, 0.3) is 0 Å². The molecule has 4 nitrogen and oxygen atoms in total. The summed E-state index contributed by atoms with van der Waals surface area (Å²) < 4.78 is 4.68. The van der Waals surface area contributed by atoms with E-state index in [9.17, 15) is 0 Å². The van der Waals surface area contributed by atoms with Crippen LogP contribution in [0.4, 0.5) is 0 Å². The van der Waals surface area contributed by atoms with Gasteiger partial charge in [0.1, 0.15) is 5.82 Å². The van der Waals surface area contributed by atoms with Crippen LogP contribution in [0.15, 0.2) is 170 Å². The standard InChI is InChI=1S/C46H32N4/c1-4-14-31(15-5-1)40-30-45(48-46(47-40)32-16-6-2-7-17-32)50-42-23-13-11-21-37(42)39-28-33(25-27-43(39)50)34-24-26-38-36-20-10-12-22-41(36)49(44(38)29-34)35-18-8-3-9-19-35/h1,3-6,8-30H,2,7H2. The van der Waals surface area contributed by atoms with Crippen molar-refractivity contribution in [1.29, 1.82) is 0 Å². The number of allylic oxidation sites excluding steroid dienone is 4. The highest BCUT2D eigenvalue weighted by Gasteiger charge is 2.18. The minimum Gasteiger partial charge on any atom is -0.309 e. The van der Waals surface area contributed by atoms with E-state index in [1.165, 1.54) is 43.7 Å². The Kier molecular flexibility index (Phi) is 6.59. The molecular weight excluding hydrogens is 609 g/mol. The minimum absolute atomic E-state index is 0.752. The Morgan fingerprint density at radius 1 is 0.440 bits per heavy atom. The average Bonchev–Trinajstić information content (AvgIpc) is 3.71. The number of benzene rings is 6. The molecule has 3 heterocycles. The third kappa shape index (κ3) is 4.61. The van der Waals surface area contributed by atoms with E-state index in [0.29, 0.717) is 0 Å². The molecule has 9 aromatic rings. The lowest BCUT2D eigenvalue weighted by Crippen LogP contribution is -2.04. The Balaban J connectivity index is 1.18. The molecule has 1 aliphatic carbocycles. The molecule has 0 bridgehead atoms. The molecule has 0 atom stereocenters. The molecule has 236 valence electrons. The molecule has 0 unspecified atom stereocenters. The molecule has 0 N–H and O–H groups in total. The second-order valence-electron chi connectivity index (χ2n) is 12.9. The first-order chi connectivity index (χ1) is 24.8. The topological polar surface area (TPSA) is 35.6 Å². The molecule has 10 rings (SSSR count). The van der Waals surface area contributed by atoms with Gasteiger partial charge in [-0.1, -0.05) is 121 Å². The lowest BCUT2D eigenvalue weighted by Gasteiger charge is -2.13. The van der Waals surface area contributed by atoms with Crippen molar-refractivity contribution < 1.29 is 0 Å². The number of rotatable bonds is 5. The third-order valence-electron chi connectivity index (χ3n) is 9.96. The third-order valence-corrected chi connectivity index (χ3v) is 9.96. The maximum absolute atomic E-state index is 5.23. The summed E-state index contributed by atoms with van der Waals surface area (Å²) >= 11 is 0. The Morgan fingerprint density at radius 3 is 1.86 bits per heavy atom. The molecule has 0 spiro atoms. The summed E-state index contributed by atoms with van der Waals surface area (Å²) in [5, 5.41) is 4.90. The highest BCUT2D eigenvalue weighted by atomic mass is 15.1. The fourth-order valence-corrected chi connectivity index (χ4v) is 7.62. The normalized spacial score (nSPS) is 13.1. The molecule has 0 saturated heterocycles. The molecule has 0 aliphatic heterocycles. The van der Waals surface area contributed by atoms with Gasteiger partial charge >= 0.3 is 0 Å². The number of nitrogens with zero attached hydrogens (tertiary/aromatic N) is 4. The van der Waals surface area contributed by atoms with Gasteiger partial charge in [0.15, 0.2) is 5.82 Å². The molecule has 50 heavy (non-hydrogen) atoms. The van der Waals surface area contributed by atoms with Gasteiger partial charge in [0.05, 0.1) is 27.8 Å². The average molecular weight is 641 g/mol. The fourth-order valence-electron chi connectivity index (χ4n) is 7.62. The van der Waals surface area contributed by atoms with E-state index in [2.05, 4.69) is 173 Å². The van der Waals surface area contributed by atoms with Crippen LogP contribution in [-0.2, 0) is 0 Å². The van der Waals surface area contributed by atoms with Gasteiger partial charge in [0, 0.05) is 44.4 Å². The number of para-hydroxylation sites is 3. The first-order valence-corrected chi connectivity index (χ1v) is 17.2. The second-order valence-corrected chi connectivity index (χ2v) is 12.9. The second kappa shape index (κ2) is 11.6. The number of aromatic nitrogens is 4. The Morgan fingerprint density at radius 2 is 1.08 bits per heavy atom. The number of fused-ring (bicyclic) bond motifs is 6. The van der Waals surface area contributed by atoms with Gasteiger partial charge in [0.2, 0.25) is 0 Å². The van der Waals surface area contributed by atoms with Crippen molar-refractivity contribution in [3.63, 3.8) is 0 Å². The zero-order valence-electron chi connectivity index (χ0n) is 27.4. The smallest absolute Gasteiger partial charge is 0.161 e. The van der Waals surface area contributed by atoms with Crippen molar-refractivity contribution in [3.05, 3.63) is 176 Å². The van der Waals surface area contributed by atoms with Crippen LogP contribution in [0.1, 0.15) is 18.7 Å². The van der Waals surface area contributed by atoms with Crippen molar-refractivity contribution in [2.24, 2.45) is 0 Å². The molecule has 0 radical (unpaired) electrons. The first kappa shape index (κ1) is 28.5. The van der Waals surface area contributed by atoms with Crippen LogP contribution >= 0.6 is 0 Å². The Bertz CT molecular complexity index is 2800. The lowest BCUT2D eigenvalue weighted by molar-refractivity contribution is 1.000. The predicted molar refractivity (Wildman–Crippen MR) is 208 cm³/mol. The van der Waals surface area contributed by atoms with Gasteiger partial charge < -0.3 is 4.57 Å². The minimum atomic E-state index is 0.752. The van der Waals surface area contributed by atoms with Crippen LogP contribution in [-0.4, -0.2) is 19.1 Å². The van der Waals surface area contributed by atoms with E-state index < -0.39 is 0 Å². The molecule has 6 aromatic carbocycles. The van der Waals surface area contributed by atoms with Crippen molar-refractivity contribution in [2.75, 3.05) is 0 Å². The first-order valence-electron chi connectivity index (χ1n) is 17.2. The zero-order chi connectivity index (χ0) is 33.0. The van der Waals surface area contributed by atoms with E-state index in [4.69, 9.17) is 9.97 Å². The van der Waals surface area contributed by atoms with Crippen LogP contribution in [0.25, 0.3) is 83.1 Å². The van der Waals surface area contributed by atoms with Crippen LogP contribution < -0.4 is 0 Å². The van der Waals surface area contributed by atoms with E-state index >= 15 is 0 Å². The highest BCUT2D eigenvalue weighted by Crippen LogP contribution is 2.38. The van der Waals surface area contributed by atoms with Gasteiger partial charge in [-0.05, 0) is 66.4 Å². The molecule has 4 heteroatoms. The molecule has 0 fully saturated rings. The number of hydrogen-bond donors (Lipinski definition) is 0. The van der Waals surface area contributed by atoms with Crippen molar-refractivity contribution >= 4 is 49.2 Å². The summed E-state index contributed by atoms with van der Waals surface area (Å²) in [7, 11) is 0. The van der Waals surface area contributed by atoms with Crippen LogP contribution in [0.3, 0.4) is 0 Å². The number of hydrogen-bond acceptors (Lipinski definition) is 2. The molecular formula is C46H32N4. The van der Waals surface area contributed by atoms with Crippen molar-refractivity contribution in [1.82, 2.24) is 19.1 Å². The molecule has 3 aromatic heterocycles. The van der Waals surface area contributed by atoms with Crippen LogP contribution in [0.5, 0.6) is 0 Å². The van der Waals surface area contributed by atoms with Gasteiger partial charge in [-0.25, -0.2) is 9.97 Å². The van der Waals surface area contributed by atoms with E-state index in [0.717, 1.165) is 58.0 Å². The van der Waals surface area contributed by atoms with Gasteiger partial charge in [-0.15, -0.1) is 0 Å². The van der Waals surface area contributed by atoms with E-state index in [1.54, 1.807) is 0 Å². The summed E-state index contributed by atoms with van der Waals surface area (Å²) in [4.78, 5) is 10.3. The molecule has 0 amide bonds. The monoisotopic (exact) mass is 640 g/mol. The van der Waals surface area contributed by atoms with Crippen molar-refractivity contribution in [2.45, 2.75) is 12.8 Å². The Labute approximate surface area is 289 Å². The van der Waals surface area contributed by atoms with Crippen LogP contribution in [0.2, 0.25) is 0 Å². The summed E-state index contributed by atoms with van der Waals surface area (Å²) in [6.07, 6.45) is 8.66. The largest absolute Gasteiger partial charge is 0.309 e. The fraction of sp³-hybridized carbons (Fsp3) is 0.0435. The highest BCUT2D eigenvalue weighted by molar-refractivity contribution is 6.12. The summed E-state index contributed by atoms with van der Waals surface area (Å²) in [6.45, 7) is 0. The molecule has 1 aliphatic rings. The predicted octanol–water partition coefficient (Wildman–Crippen LogP) is 11.7. The van der Waals surface area contributed by atoms with Crippen LogP contribution in [0, 0.1) is 0 Å². The van der Waals surface area contributed by atoms with Gasteiger partial charge in [-0.2, -0.15) is 0 Å².